The van der Waals surface area contributed by atoms with Crippen LogP contribution in [0.15, 0.2) is 28.7 Å². The van der Waals surface area contributed by atoms with E-state index >= 15 is 0 Å². The Bertz CT molecular complexity index is 517. The topological polar surface area (TPSA) is 20.3 Å². The molecule has 0 radical (unpaired) electrons. The molecular weight excluding hydrogens is 350 g/mol. The lowest BCUT2D eigenvalue weighted by molar-refractivity contribution is -0.123. The van der Waals surface area contributed by atoms with Gasteiger partial charge in [-0.1, -0.05) is 41.9 Å². The zero-order chi connectivity index (χ0) is 16.4. The zero-order valence-corrected chi connectivity index (χ0v) is 15.9. The van der Waals surface area contributed by atoms with Crippen LogP contribution in [0.3, 0.4) is 0 Å². The summed E-state index contributed by atoms with van der Waals surface area (Å²) >= 11 is 3.50. The van der Waals surface area contributed by atoms with Crippen molar-refractivity contribution < 1.29 is 4.79 Å². The minimum atomic E-state index is 0.0144. The second-order valence-corrected chi connectivity index (χ2v) is 8.68. The molecule has 0 spiro atoms. The number of carbonyl (C=O) groups is 1. The summed E-state index contributed by atoms with van der Waals surface area (Å²) in [7, 11) is 0. The molecule has 23 heavy (non-hydrogen) atoms. The van der Waals surface area contributed by atoms with E-state index in [0.717, 1.165) is 22.9 Å². The second kappa shape index (κ2) is 7.48. The van der Waals surface area contributed by atoms with E-state index in [0.29, 0.717) is 5.78 Å². The average molecular weight is 378 g/mol. The van der Waals surface area contributed by atoms with Gasteiger partial charge in [-0.3, -0.25) is 4.79 Å². The summed E-state index contributed by atoms with van der Waals surface area (Å²) in [4.78, 5) is 15.4. The molecule has 3 heteroatoms. The average Bonchev–Trinajstić information content (AvgIpc) is 3.41. The van der Waals surface area contributed by atoms with Crippen molar-refractivity contribution in [2.24, 2.45) is 17.8 Å². The van der Waals surface area contributed by atoms with Gasteiger partial charge in [-0.15, -0.1) is 0 Å². The van der Waals surface area contributed by atoms with Crippen LogP contribution >= 0.6 is 15.9 Å². The summed E-state index contributed by atoms with van der Waals surface area (Å²) in [6.07, 6.45) is 5.51. The largest absolute Gasteiger partial charge is 0.302 e. The number of rotatable bonds is 9. The van der Waals surface area contributed by atoms with Crippen LogP contribution < -0.4 is 0 Å². The van der Waals surface area contributed by atoms with Crippen LogP contribution in [0, 0.1) is 17.8 Å². The van der Waals surface area contributed by atoms with Crippen LogP contribution in [0.1, 0.15) is 51.0 Å². The molecule has 2 saturated carbocycles. The fourth-order valence-electron chi connectivity index (χ4n) is 3.27. The van der Waals surface area contributed by atoms with Crippen LogP contribution in [0.25, 0.3) is 0 Å². The molecule has 2 nitrogen and oxygen atoms in total. The Balaban J connectivity index is 1.74. The van der Waals surface area contributed by atoms with Crippen molar-refractivity contribution in [1.29, 1.82) is 0 Å². The third-order valence-electron chi connectivity index (χ3n) is 5.05. The summed E-state index contributed by atoms with van der Waals surface area (Å²) in [5.74, 6) is 2.25. The van der Waals surface area contributed by atoms with Gasteiger partial charge in [0.15, 0.2) is 0 Å². The Labute approximate surface area is 148 Å². The fourth-order valence-corrected chi connectivity index (χ4v) is 3.53. The van der Waals surface area contributed by atoms with Gasteiger partial charge < -0.3 is 4.90 Å². The van der Waals surface area contributed by atoms with Crippen LogP contribution in [-0.2, 0) is 4.79 Å². The van der Waals surface area contributed by atoms with Crippen LogP contribution in [0.2, 0.25) is 0 Å². The first-order valence-corrected chi connectivity index (χ1v) is 9.83. The van der Waals surface area contributed by atoms with Gasteiger partial charge >= 0.3 is 0 Å². The van der Waals surface area contributed by atoms with E-state index in [1.54, 1.807) is 0 Å². The first-order valence-electron chi connectivity index (χ1n) is 9.04. The molecule has 1 atom stereocenters. The monoisotopic (exact) mass is 377 g/mol. The summed E-state index contributed by atoms with van der Waals surface area (Å²) < 4.78 is 1.07. The third kappa shape index (κ3) is 5.15. The predicted octanol–water partition coefficient (Wildman–Crippen LogP) is 4.88. The van der Waals surface area contributed by atoms with Crippen molar-refractivity contribution in [1.82, 2.24) is 4.90 Å². The SMILES string of the molecule is CC(C)C(=O)[C@H](CN(CC1CC1)CC1CC1)c1ccc(Br)cc1. The fraction of sp³-hybridized carbons (Fsp3) is 0.650. The van der Waals surface area contributed by atoms with Crippen molar-refractivity contribution in [3.63, 3.8) is 0 Å². The maximum atomic E-state index is 12.8. The minimum Gasteiger partial charge on any atom is -0.302 e. The molecule has 2 aliphatic rings. The molecule has 2 aliphatic carbocycles. The van der Waals surface area contributed by atoms with Gasteiger partial charge in [0.05, 0.1) is 5.92 Å². The van der Waals surface area contributed by atoms with Gasteiger partial charge in [0.25, 0.3) is 0 Å². The highest BCUT2D eigenvalue weighted by molar-refractivity contribution is 9.10. The molecular formula is C20H28BrNO. The molecule has 0 N–H and O–H groups in total. The van der Waals surface area contributed by atoms with Gasteiger partial charge in [-0.25, -0.2) is 0 Å². The van der Waals surface area contributed by atoms with Gasteiger partial charge in [0, 0.05) is 30.0 Å². The van der Waals surface area contributed by atoms with Crippen molar-refractivity contribution in [3.05, 3.63) is 34.3 Å². The van der Waals surface area contributed by atoms with Crippen LogP contribution in [0.4, 0.5) is 0 Å². The lowest BCUT2D eigenvalue weighted by atomic mass is 9.88. The number of hydrogen-bond donors (Lipinski definition) is 0. The van der Waals surface area contributed by atoms with E-state index in [-0.39, 0.29) is 11.8 Å². The van der Waals surface area contributed by atoms with E-state index in [2.05, 4.69) is 45.1 Å². The number of nitrogens with zero attached hydrogens (tertiary/aromatic N) is 1. The molecule has 0 aromatic heterocycles. The predicted molar refractivity (Wildman–Crippen MR) is 98.6 cm³/mol. The molecule has 0 bridgehead atoms. The molecule has 1 aromatic rings. The van der Waals surface area contributed by atoms with E-state index in [4.69, 9.17) is 0 Å². The quantitative estimate of drug-likeness (QED) is 0.610. The summed E-state index contributed by atoms with van der Waals surface area (Å²) in [5, 5.41) is 0. The van der Waals surface area contributed by atoms with Gasteiger partial charge in [0.1, 0.15) is 5.78 Å². The van der Waals surface area contributed by atoms with Crippen LogP contribution in [0.5, 0.6) is 0 Å². The van der Waals surface area contributed by atoms with Crippen molar-refractivity contribution in [2.45, 2.75) is 45.4 Å². The Kier molecular flexibility index (Phi) is 5.58. The van der Waals surface area contributed by atoms with Crippen molar-refractivity contribution in [2.75, 3.05) is 19.6 Å². The number of benzene rings is 1. The molecule has 126 valence electrons. The number of halogens is 1. The molecule has 0 unspecified atom stereocenters. The van der Waals surface area contributed by atoms with Gasteiger partial charge in [0.2, 0.25) is 0 Å². The number of carbonyl (C=O) groups excluding carboxylic acids is 1. The van der Waals surface area contributed by atoms with Crippen LogP contribution in [-0.4, -0.2) is 30.3 Å². The number of hydrogen-bond acceptors (Lipinski definition) is 2. The van der Waals surface area contributed by atoms with Gasteiger partial charge in [-0.2, -0.15) is 0 Å². The normalized spacial score (nSPS) is 19.3. The first-order chi connectivity index (χ1) is 11.0. The van der Waals surface area contributed by atoms with Crippen molar-refractivity contribution in [3.8, 4) is 0 Å². The molecule has 0 heterocycles. The Morgan fingerprint density at radius 1 is 1.09 bits per heavy atom. The Hall–Kier alpha value is -0.670. The van der Waals surface area contributed by atoms with Crippen molar-refractivity contribution >= 4 is 21.7 Å². The van der Waals surface area contributed by atoms with E-state index in [9.17, 15) is 4.79 Å². The highest BCUT2D eigenvalue weighted by Gasteiger charge is 2.32. The molecule has 0 saturated heterocycles. The molecule has 0 aliphatic heterocycles. The molecule has 1 aromatic carbocycles. The highest BCUT2D eigenvalue weighted by Crippen LogP contribution is 2.35. The standard InChI is InChI=1S/C20H28BrNO/c1-14(2)20(23)19(17-7-9-18(21)10-8-17)13-22(11-15-3-4-15)12-16-5-6-16/h7-10,14-16,19H,3-6,11-13H2,1-2H3/t19-/m1/s1. The molecule has 3 rings (SSSR count). The summed E-state index contributed by atoms with van der Waals surface area (Å²) in [6, 6.07) is 8.34. The Morgan fingerprint density at radius 2 is 1.61 bits per heavy atom. The number of Topliss-reactive ketones (excluding diaryl/α,β-unsaturated/α-hetero) is 1. The maximum Gasteiger partial charge on any atom is 0.144 e. The third-order valence-corrected chi connectivity index (χ3v) is 5.58. The zero-order valence-electron chi connectivity index (χ0n) is 14.3. The Morgan fingerprint density at radius 3 is 2.04 bits per heavy atom. The molecule has 2 fully saturated rings. The summed E-state index contributed by atoms with van der Waals surface area (Å²) in [6.45, 7) is 7.33. The minimum absolute atomic E-state index is 0.0144. The first kappa shape index (κ1) is 17.2. The smallest absolute Gasteiger partial charge is 0.144 e. The maximum absolute atomic E-state index is 12.8. The lowest BCUT2D eigenvalue weighted by Gasteiger charge is -2.28. The van der Waals surface area contributed by atoms with Gasteiger partial charge in [-0.05, 0) is 55.2 Å². The van der Waals surface area contributed by atoms with E-state index in [1.165, 1.54) is 44.3 Å². The molecule has 0 amide bonds. The highest BCUT2D eigenvalue weighted by atomic mass is 79.9. The van der Waals surface area contributed by atoms with E-state index in [1.807, 2.05) is 13.8 Å². The number of ketones is 1. The summed E-state index contributed by atoms with van der Waals surface area (Å²) in [5.41, 5.74) is 1.17. The lowest BCUT2D eigenvalue weighted by Crippen LogP contribution is -2.36. The van der Waals surface area contributed by atoms with E-state index < -0.39 is 0 Å². The second-order valence-electron chi connectivity index (χ2n) is 7.77.